The van der Waals surface area contributed by atoms with E-state index in [2.05, 4.69) is 17.6 Å². The van der Waals surface area contributed by atoms with Crippen LogP contribution in [0.25, 0.3) is 0 Å². The highest BCUT2D eigenvalue weighted by Gasteiger charge is 2.72. The fourth-order valence-electron chi connectivity index (χ4n) is 6.96. The largest absolute Gasteiger partial charge is 0.359 e. The molecule has 7 atom stereocenters. The van der Waals surface area contributed by atoms with E-state index >= 15 is 0 Å². The molecule has 1 saturated carbocycles. The molecule has 2 saturated heterocycles. The average Bonchev–Trinajstić information content (AvgIpc) is 3.54. The van der Waals surface area contributed by atoms with Crippen LogP contribution in [0, 0.1) is 24.7 Å². The van der Waals surface area contributed by atoms with Crippen molar-refractivity contribution in [1.82, 2.24) is 10.2 Å². The van der Waals surface area contributed by atoms with Crippen molar-refractivity contribution in [3.8, 4) is 0 Å². The van der Waals surface area contributed by atoms with Crippen LogP contribution in [0.3, 0.4) is 0 Å². The van der Waals surface area contributed by atoms with Gasteiger partial charge in [-0.1, -0.05) is 74.4 Å². The Labute approximate surface area is 223 Å². The van der Waals surface area contributed by atoms with Crippen LogP contribution in [0.1, 0.15) is 43.7 Å². The van der Waals surface area contributed by atoms with Gasteiger partial charge < -0.3 is 20.3 Å². The van der Waals surface area contributed by atoms with Gasteiger partial charge in [0.25, 0.3) is 0 Å². The maximum Gasteiger partial charge on any atom is 0.246 e. The number of carbonyl (C=O) groups is 3. The standard InChI is InChI=1S/C31H35N3O4/c1-19-9-8-13-22(17-19)32-28(35)25-24-15-16-31(38-24)26(25)30(37)34(18-21-11-4-3-5-12-21)27(31)29(36)33-23-14-7-6-10-20(23)2/h3-5,8-9,11-13,15-17,20,23-27H,6-7,10,14,18H2,1-2H3,(H,32,35)(H,33,36). The van der Waals surface area contributed by atoms with E-state index in [-0.39, 0.29) is 30.3 Å². The minimum Gasteiger partial charge on any atom is -0.359 e. The summed E-state index contributed by atoms with van der Waals surface area (Å²) in [7, 11) is 0. The van der Waals surface area contributed by atoms with E-state index in [1.54, 1.807) is 4.90 Å². The third-order valence-corrected chi connectivity index (χ3v) is 8.85. The molecular formula is C31H35N3O4. The summed E-state index contributed by atoms with van der Waals surface area (Å²) in [4.78, 5) is 43.4. The maximum atomic E-state index is 14.1. The molecule has 3 fully saturated rings. The van der Waals surface area contributed by atoms with Crippen LogP contribution in [0.2, 0.25) is 0 Å². The van der Waals surface area contributed by atoms with Crippen LogP contribution >= 0.6 is 0 Å². The van der Waals surface area contributed by atoms with Crippen molar-refractivity contribution < 1.29 is 19.1 Å². The summed E-state index contributed by atoms with van der Waals surface area (Å²) in [6, 6.07) is 16.5. The van der Waals surface area contributed by atoms with Gasteiger partial charge in [-0.15, -0.1) is 0 Å². The molecule has 198 valence electrons. The Morgan fingerprint density at radius 1 is 1.05 bits per heavy atom. The van der Waals surface area contributed by atoms with E-state index in [9.17, 15) is 14.4 Å². The Hall–Kier alpha value is -3.45. The summed E-state index contributed by atoms with van der Waals surface area (Å²) in [6.45, 7) is 4.42. The third-order valence-electron chi connectivity index (χ3n) is 8.85. The second-order valence-corrected chi connectivity index (χ2v) is 11.4. The summed E-state index contributed by atoms with van der Waals surface area (Å²) in [6.07, 6.45) is 7.46. The molecule has 0 radical (unpaired) electrons. The molecule has 7 nitrogen and oxygen atoms in total. The highest BCUT2D eigenvalue weighted by molar-refractivity contribution is 6.02. The zero-order chi connectivity index (χ0) is 26.4. The number of carbonyl (C=O) groups excluding carboxylic acids is 3. The summed E-state index contributed by atoms with van der Waals surface area (Å²) < 4.78 is 6.47. The number of anilines is 1. The van der Waals surface area contributed by atoms with Crippen LogP contribution in [0.15, 0.2) is 66.7 Å². The van der Waals surface area contributed by atoms with Crippen LogP contribution < -0.4 is 10.6 Å². The molecule has 2 bridgehead atoms. The number of benzene rings is 2. The van der Waals surface area contributed by atoms with Crippen LogP contribution in [0.4, 0.5) is 5.69 Å². The lowest BCUT2D eigenvalue weighted by atomic mass is 9.74. The first-order valence-electron chi connectivity index (χ1n) is 13.8. The number of ether oxygens (including phenoxy) is 1. The number of aryl methyl sites for hydroxylation is 1. The van der Waals surface area contributed by atoms with Crippen LogP contribution in [-0.2, 0) is 25.7 Å². The predicted molar refractivity (Wildman–Crippen MR) is 144 cm³/mol. The van der Waals surface area contributed by atoms with Crippen molar-refractivity contribution in [3.05, 3.63) is 77.9 Å². The van der Waals surface area contributed by atoms with E-state index in [1.165, 1.54) is 6.42 Å². The zero-order valence-corrected chi connectivity index (χ0v) is 21.9. The summed E-state index contributed by atoms with van der Waals surface area (Å²) in [5.41, 5.74) is 1.49. The third kappa shape index (κ3) is 4.13. The smallest absolute Gasteiger partial charge is 0.246 e. The van der Waals surface area contributed by atoms with E-state index in [0.29, 0.717) is 11.6 Å². The molecule has 3 amide bonds. The van der Waals surface area contributed by atoms with Crippen molar-refractivity contribution in [2.24, 2.45) is 17.8 Å². The van der Waals surface area contributed by atoms with Gasteiger partial charge in [0.2, 0.25) is 17.7 Å². The molecule has 1 aliphatic carbocycles. The Morgan fingerprint density at radius 3 is 2.61 bits per heavy atom. The Bertz CT molecular complexity index is 1280. The van der Waals surface area contributed by atoms with Gasteiger partial charge in [-0.2, -0.15) is 0 Å². The van der Waals surface area contributed by atoms with Crippen molar-refractivity contribution in [3.63, 3.8) is 0 Å². The molecule has 2 N–H and O–H groups in total. The molecule has 2 aromatic carbocycles. The topological polar surface area (TPSA) is 87.7 Å². The second-order valence-electron chi connectivity index (χ2n) is 11.4. The van der Waals surface area contributed by atoms with Gasteiger partial charge in [-0.05, 0) is 48.9 Å². The number of rotatable bonds is 6. The molecule has 7 unspecified atom stereocenters. The number of hydrogen-bond donors (Lipinski definition) is 2. The molecule has 0 aromatic heterocycles. The predicted octanol–water partition coefficient (Wildman–Crippen LogP) is 3.98. The van der Waals surface area contributed by atoms with Gasteiger partial charge in [0.05, 0.1) is 17.9 Å². The molecule has 6 rings (SSSR count). The maximum absolute atomic E-state index is 14.1. The highest BCUT2D eigenvalue weighted by atomic mass is 16.5. The SMILES string of the molecule is Cc1cccc(NC(=O)C2C3C=CC4(O3)C2C(=O)N(Cc2ccccc2)C4C(=O)NC2CCCCC2C)c1. The number of nitrogens with zero attached hydrogens (tertiary/aromatic N) is 1. The molecule has 38 heavy (non-hydrogen) atoms. The van der Waals surface area contributed by atoms with Crippen LogP contribution in [-0.4, -0.2) is 46.4 Å². The average molecular weight is 514 g/mol. The number of fused-ring (bicyclic) bond motifs is 1. The molecule has 2 aromatic rings. The van der Waals surface area contributed by atoms with Crippen molar-refractivity contribution in [2.45, 2.75) is 69.9 Å². The first kappa shape index (κ1) is 24.9. The number of hydrogen-bond acceptors (Lipinski definition) is 4. The van der Waals surface area contributed by atoms with Gasteiger partial charge in [0.15, 0.2) is 0 Å². The quantitative estimate of drug-likeness (QED) is 0.572. The first-order valence-corrected chi connectivity index (χ1v) is 13.8. The summed E-state index contributed by atoms with van der Waals surface area (Å²) in [5.74, 6) is -1.75. The van der Waals surface area contributed by atoms with E-state index in [0.717, 1.165) is 30.4 Å². The normalized spacial score (nSPS) is 33.3. The Kier molecular flexibility index (Phi) is 6.34. The van der Waals surface area contributed by atoms with Gasteiger partial charge >= 0.3 is 0 Å². The summed E-state index contributed by atoms with van der Waals surface area (Å²) in [5, 5.41) is 6.28. The van der Waals surface area contributed by atoms with Crippen molar-refractivity contribution >= 4 is 23.4 Å². The summed E-state index contributed by atoms with van der Waals surface area (Å²) >= 11 is 0. The van der Waals surface area contributed by atoms with E-state index in [4.69, 9.17) is 4.74 Å². The molecular weight excluding hydrogens is 478 g/mol. The lowest BCUT2D eigenvalue weighted by molar-refractivity contribution is -0.142. The molecule has 1 spiro atoms. The van der Waals surface area contributed by atoms with Crippen molar-refractivity contribution in [1.29, 1.82) is 0 Å². The van der Waals surface area contributed by atoms with E-state index in [1.807, 2.05) is 73.7 Å². The highest BCUT2D eigenvalue weighted by Crippen LogP contribution is 2.55. The molecule has 7 heteroatoms. The zero-order valence-electron chi connectivity index (χ0n) is 21.9. The first-order chi connectivity index (χ1) is 18.4. The molecule has 3 heterocycles. The number of amides is 3. The number of likely N-dealkylation sites (tertiary alicyclic amines) is 1. The molecule has 4 aliphatic rings. The monoisotopic (exact) mass is 513 g/mol. The number of nitrogens with one attached hydrogen (secondary N) is 2. The van der Waals surface area contributed by atoms with Crippen LogP contribution in [0.5, 0.6) is 0 Å². The van der Waals surface area contributed by atoms with E-state index < -0.39 is 29.6 Å². The lowest BCUT2D eigenvalue weighted by Crippen LogP contribution is -2.57. The Morgan fingerprint density at radius 2 is 1.84 bits per heavy atom. The van der Waals surface area contributed by atoms with Gasteiger partial charge in [0.1, 0.15) is 11.6 Å². The second kappa shape index (κ2) is 9.70. The van der Waals surface area contributed by atoms with Gasteiger partial charge in [-0.25, -0.2) is 0 Å². The Balaban J connectivity index is 1.33. The minimum absolute atomic E-state index is 0.0726. The van der Waals surface area contributed by atoms with Crippen molar-refractivity contribution in [2.75, 3.05) is 5.32 Å². The fraction of sp³-hybridized carbons (Fsp3) is 0.452. The molecule has 3 aliphatic heterocycles. The lowest BCUT2D eigenvalue weighted by Gasteiger charge is -2.36. The minimum atomic E-state index is -1.16. The van der Waals surface area contributed by atoms with Gasteiger partial charge in [0, 0.05) is 18.3 Å². The van der Waals surface area contributed by atoms with Gasteiger partial charge in [-0.3, -0.25) is 14.4 Å². The fourth-order valence-corrected chi connectivity index (χ4v) is 6.96.